The van der Waals surface area contributed by atoms with Crippen LogP contribution in [0.3, 0.4) is 0 Å². The lowest BCUT2D eigenvalue weighted by Gasteiger charge is -2.34. The van der Waals surface area contributed by atoms with Gasteiger partial charge in [0.25, 0.3) is 0 Å². The van der Waals surface area contributed by atoms with E-state index >= 15 is 0 Å². The Morgan fingerprint density at radius 3 is 2.50 bits per heavy atom. The van der Waals surface area contributed by atoms with Crippen LogP contribution in [0.1, 0.15) is 45.4 Å². The van der Waals surface area contributed by atoms with Crippen molar-refractivity contribution in [2.45, 2.75) is 51.5 Å². The third-order valence-electron chi connectivity index (χ3n) is 3.36. The van der Waals surface area contributed by atoms with E-state index in [1.54, 1.807) is 0 Å². The Labute approximate surface area is 99.8 Å². The number of rotatable bonds is 8. The zero-order valence-electron chi connectivity index (χ0n) is 10.7. The first-order chi connectivity index (χ1) is 7.88. The number of aliphatic hydroxyl groups excluding tert-OH is 1. The minimum Gasteiger partial charge on any atom is -0.394 e. The molecular weight excluding hydrogens is 202 g/mol. The van der Waals surface area contributed by atoms with Crippen molar-refractivity contribution in [1.82, 2.24) is 4.90 Å². The highest BCUT2D eigenvalue weighted by Gasteiger charge is 2.19. The molecule has 1 saturated carbocycles. The van der Waals surface area contributed by atoms with Crippen molar-refractivity contribution in [2.75, 3.05) is 32.9 Å². The van der Waals surface area contributed by atoms with Gasteiger partial charge in [-0.25, -0.2) is 0 Å². The van der Waals surface area contributed by atoms with Crippen molar-refractivity contribution < 1.29 is 9.84 Å². The second-order valence-electron chi connectivity index (χ2n) is 4.66. The van der Waals surface area contributed by atoms with Crippen LogP contribution in [0.15, 0.2) is 0 Å². The van der Waals surface area contributed by atoms with E-state index in [-0.39, 0.29) is 6.61 Å². The first-order valence-corrected chi connectivity index (χ1v) is 6.81. The summed E-state index contributed by atoms with van der Waals surface area (Å²) < 4.78 is 5.36. The van der Waals surface area contributed by atoms with Gasteiger partial charge in [0.2, 0.25) is 0 Å². The van der Waals surface area contributed by atoms with Crippen LogP contribution in [0.25, 0.3) is 0 Å². The Balaban J connectivity index is 2.22. The molecule has 0 saturated heterocycles. The predicted molar refractivity (Wildman–Crippen MR) is 66.6 cm³/mol. The van der Waals surface area contributed by atoms with Gasteiger partial charge in [0.05, 0.1) is 19.8 Å². The van der Waals surface area contributed by atoms with Crippen LogP contribution in [-0.4, -0.2) is 49.0 Å². The van der Waals surface area contributed by atoms with Gasteiger partial charge in [0.1, 0.15) is 0 Å². The third-order valence-corrected chi connectivity index (χ3v) is 3.36. The van der Waals surface area contributed by atoms with Gasteiger partial charge in [0, 0.05) is 12.6 Å². The summed E-state index contributed by atoms with van der Waals surface area (Å²) in [5, 5.41) is 8.64. The summed E-state index contributed by atoms with van der Waals surface area (Å²) in [4.78, 5) is 2.58. The van der Waals surface area contributed by atoms with Crippen LogP contribution in [-0.2, 0) is 4.74 Å². The lowest BCUT2D eigenvalue weighted by Crippen LogP contribution is -2.39. The standard InChI is InChI=1S/C13H27NO2/c1-2-8-14(9-11-16-12-10-15)13-6-4-3-5-7-13/h13,15H,2-12H2,1H3. The number of ether oxygens (including phenoxy) is 1. The Kier molecular flexibility index (Phi) is 7.81. The molecule has 0 amide bonds. The summed E-state index contributed by atoms with van der Waals surface area (Å²) in [6, 6.07) is 0.784. The zero-order chi connectivity index (χ0) is 11.6. The first kappa shape index (κ1) is 13.9. The molecule has 0 aromatic carbocycles. The Morgan fingerprint density at radius 2 is 1.88 bits per heavy atom. The summed E-state index contributed by atoms with van der Waals surface area (Å²) in [6.45, 7) is 5.83. The van der Waals surface area contributed by atoms with Crippen LogP contribution in [0, 0.1) is 0 Å². The normalized spacial score (nSPS) is 18.2. The topological polar surface area (TPSA) is 32.7 Å². The Morgan fingerprint density at radius 1 is 1.12 bits per heavy atom. The average molecular weight is 229 g/mol. The van der Waals surface area contributed by atoms with E-state index in [9.17, 15) is 0 Å². The maximum absolute atomic E-state index is 8.64. The molecule has 0 aromatic heterocycles. The minimum atomic E-state index is 0.136. The largest absolute Gasteiger partial charge is 0.394 e. The van der Waals surface area contributed by atoms with Crippen molar-refractivity contribution >= 4 is 0 Å². The molecule has 0 atom stereocenters. The molecule has 96 valence electrons. The van der Waals surface area contributed by atoms with Crippen LogP contribution < -0.4 is 0 Å². The number of nitrogens with zero attached hydrogens (tertiary/aromatic N) is 1. The Bertz CT molecular complexity index is 158. The lowest BCUT2D eigenvalue weighted by atomic mass is 9.94. The molecule has 16 heavy (non-hydrogen) atoms. The lowest BCUT2D eigenvalue weighted by molar-refractivity contribution is 0.0566. The van der Waals surface area contributed by atoms with E-state index in [0.717, 1.165) is 19.2 Å². The zero-order valence-corrected chi connectivity index (χ0v) is 10.7. The van der Waals surface area contributed by atoms with Crippen LogP contribution in [0.5, 0.6) is 0 Å². The molecule has 0 aliphatic heterocycles. The fourth-order valence-electron chi connectivity index (χ4n) is 2.56. The van der Waals surface area contributed by atoms with E-state index in [1.807, 2.05) is 0 Å². The molecule has 1 aliphatic carbocycles. The van der Waals surface area contributed by atoms with Crippen molar-refractivity contribution in [3.8, 4) is 0 Å². The molecule has 0 unspecified atom stereocenters. The molecule has 1 N–H and O–H groups in total. The van der Waals surface area contributed by atoms with E-state index in [4.69, 9.17) is 9.84 Å². The molecule has 1 fully saturated rings. The van der Waals surface area contributed by atoms with E-state index < -0.39 is 0 Å². The van der Waals surface area contributed by atoms with Gasteiger partial charge < -0.3 is 9.84 Å². The van der Waals surface area contributed by atoms with Gasteiger partial charge in [0.15, 0.2) is 0 Å². The Hall–Kier alpha value is -0.120. The molecule has 0 spiro atoms. The van der Waals surface area contributed by atoms with Crippen molar-refractivity contribution in [2.24, 2.45) is 0 Å². The van der Waals surface area contributed by atoms with Crippen molar-refractivity contribution in [1.29, 1.82) is 0 Å². The quantitative estimate of drug-likeness (QED) is 0.647. The molecule has 0 bridgehead atoms. The number of aliphatic hydroxyl groups is 1. The minimum absolute atomic E-state index is 0.136. The van der Waals surface area contributed by atoms with E-state index in [2.05, 4.69) is 11.8 Å². The molecule has 1 rings (SSSR count). The highest BCUT2D eigenvalue weighted by atomic mass is 16.5. The monoisotopic (exact) mass is 229 g/mol. The highest BCUT2D eigenvalue weighted by molar-refractivity contribution is 4.75. The number of hydrogen-bond donors (Lipinski definition) is 1. The third kappa shape index (κ3) is 5.28. The van der Waals surface area contributed by atoms with Gasteiger partial charge >= 0.3 is 0 Å². The van der Waals surface area contributed by atoms with Gasteiger partial charge in [-0.05, 0) is 25.8 Å². The van der Waals surface area contributed by atoms with E-state index in [0.29, 0.717) is 6.61 Å². The second-order valence-corrected chi connectivity index (χ2v) is 4.66. The van der Waals surface area contributed by atoms with Crippen molar-refractivity contribution in [3.63, 3.8) is 0 Å². The highest BCUT2D eigenvalue weighted by Crippen LogP contribution is 2.22. The molecule has 0 aromatic rings. The molecule has 0 heterocycles. The maximum Gasteiger partial charge on any atom is 0.0698 e. The molecular formula is C13H27NO2. The van der Waals surface area contributed by atoms with Gasteiger partial charge in [-0.2, -0.15) is 0 Å². The van der Waals surface area contributed by atoms with Crippen LogP contribution in [0.4, 0.5) is 0 Å². The molecule has 0 radical (unpaired) electrons. The fraction of sp³-hybridized carbons (Fsp3) is 1.00. The molecule has 3 nitrogen and oxygen atoms in total. The second kappa shape index (κ2) is 8.97. The smallest absolute Gasteiger partial charge is 0.0698 e. The summed E-state index contributed by atoms with van der Waals surface area (Å²) in [5.74, 6) is 0. The summed E-state index contributed by atoms with van der Waals surface area (Å²) >= 11 is 0. The van der Waals surface area contributed by atoms with Gasteiger partial charge in [-0.3, -0.25) is 4.90 Å². The van der Waals surface area contributed by atoms with Gasteiger partial charge in [-0.1, -0.05) is 26.2 Å². The van der Waals surface area contributed by atoms with Crippen molar-refractivity contribution in [3.05, 3.63) is 0 Å². The van der Waals surface area contributed by atoms with Crippen LogP contribution >= 0.6 is 0 Å². The summed E-state index contributed by atoms with van der Waals surface area (Å²) in [6.07, 6.45) is 8.14. The van der Waals surface area contributed by atoms with Gasteiger partial charge in [-0.15, -0.1) is 0 Å². The van der Waals surface area contributed by atoms with E-state index in [1.165, 1.54) is 45.1 Å². The maximum atomic E-state index is 8.64. The summed E-state index contributed by atoms with van der Waals surface area (Å²) in [7, 11) is 0. The number of hydrogen-bond acceptors (Lipinski definition) is 3. The summed E-state index contributed by atoms with van der Waals surface area (Å²) in [5.41, 5.74) is 0. The molecule has 1 aliphatic rings. The predicted octanol–water partition coefficient (Wildman–Crippen LogP) is 2.04. The molecule has 3 heteroatoms. The average Bonchev–Trinajstić information content (AvgIpc) is 2.34. The SMILES string of the molecule is CCCN(CCOCCO)C1CCCCC1. The van der Waals surface area contributed by atoms with Crippen LogP contribution in [0.2, 0.25) is 0 Å². The fourth-order valence-corrected chi connectivity index (χ4v) is 2.56. The first-order valence-electron chi connectivity index (χ1n) is 6.81.